The number of hydrogen-bond acceptors (Lipinski definition) is 7. The molecule has 0 bridgehead atoms. The second-order valence-electron chi connectivity index (χ2n) is 3.45. The van der Waals surface area contributed by atoms with Gasteiger partial charge in [0.1, 0.15) is 18.9 Å². The molecule has 0 fully saturated rings. The quantitative estimate of drug-likeness (QED) is 0.244. The molecule has 0 radical (unpaired) electrons. The molecular weight excluding hydrogens is 331 g/mol. The molecule has 1 N–H and O–H groups in total. The van der Waals surface area contributed by atoms with Gasteiger partial charge in [-0.3, -0.25) is 6.29 Å². The maximum Gasteiger partial charge on any atom is 1.00 e. The number of methoxy groups -OCH3 is 1. The summed E-state index contributed by atoms with van der Waals surface area (Å²) in [5, 5.41) is 8.32. The molecule has 2 unspecified atom stereocenters. The number of aliphatic hydroxyl groups is 1. The van der Waals surface area contributed by atoms with Crippen molar-refractivity contribution >= 4 is 31.4 Å². The van der Waals surface area contributed by atoms with Crippen molar-refractivity contribution in [2.75, 3.05) is 7.11 Å². The molecule has 0 rings (SSSR count). The van der Waals surface area contributed by atoms with Crippen LogP contribution >= 0.6 is 0 Å². The molecular formula is C15H29KO7. The summed E-state index contributed by atoms with van der Waals surface area (Å²) < 4.78 is 4.76. The van der Waals surface area contributed by atoms with Gasteiger partial charge in [0.05, 0.1) is 18.5 Å². The zero-order valence-electron chi connectivity index (χ0n) is 14.0. The average molecular weight is 360 g/mol. The Kier molecular flexibility index (Phi) is 72.1. The minimum atomic E-state index is -0.470. The smallest absolute Gasteiger partial charge is 0.541 e. The van der Waals surface area contributed by atoms with Gasteiger partial charge in [0, 0.05) is 20.0 Å². The number of carbonyl (C=O) groups is 4. The van der Waals surface area contributed by atoms with E-state index in [0.29, 0.717) is 19.0 Å². The van der Waals surface area contributed by atoms with Gasteiger partial charge in [-0.2, -0.15) is 0 Å². The summed E-state index contributed by atoms with van der Waals surface area (Å²) in [4.78, 5) is 46.1. The van der Waals surface area contributed by atoms with Crippen LogP contribution in [0.2, 0.25) is 0 Å². The summed E-state index contributed by atoms with van der Waals surface area (Å²) in [7, 11) is 1.59. The Hall–Kier alpha value is -0.0936. The van der Waals surface area contributed by atoms with E-state index >= 15 is 0 Å². The zero-order valence-corrected chi connectivity index (χ0v) is 17.1. The summed E-state index contributed by atoms with van der Waals surface area (Å²) >= 11 is 0. The predicted octanol–water partition coefficient (Wildman–Crippen LogP) is -1.90. The van der Waals surface area contributed by atoms with Gasteiger partial charge in [-0.25, -0.2) is 0 Å². The van der Waals surface area contributed by atoms with Crippen LogP contribution in [-0.2, 0) is 28.7 Å². The summed E-state index contributed by atoms with van der Waals surface area (Å²) in [5.74, 6) is 0. The van der Waals surface area contributed by atoms with Gasteiger partial charge >= 0.3 is 51.4 Å². The van der Waals surface area contributed by atoms with E-state index < -0.39 is 6.10 Å². The zero-order chi connectivity index (χ0) is 17.5. The average Bonchev–Trinajstić information content (AvgIpc) is 2.42. The van der Waals surface area contributed by atoms with Crippen molar-refractivity contribution < 1.29 is 85.2 Å². The third-order valence-electron chi connectivity index (χ3n) is 1.43. The maximum atomic E-state index is 9.69. The topological polar surface area (TPSA) is 115 Å². The van der Waals surface area contributed by atoms with Gasteiger partial charge < -0.3 is 33.8 Å². The van der Waals surface area contributed by atoms with E-state index in [0.717, 1.165) is 12.6 Å². The van der Waals surface area contributed by atoms with Gasteiger partial charge in [0.25, 0.3) is 0 Å². The normalized spacial score (nSPS) is 9.61. The molecule has 0 saturated carbocycles. The Morgan fingerprint density at radius 1 is 1.04 bits per heavy atom. The molecule has 0 aliphatic heterocycles. The molecule has 0 aliphatic rings. The standard InChI is InChI=1S/C5H10O2.C4H8O2.C3H3O2.C2H4O.CH4.K/c1-5(7-2)3-4-6;1-4(6)2-3-5;4-2-1-3-5;1-2-3;;/h4-5H,3H2,1-2H3;3-4,6H,2H2,1H3;2H,1H2;2H,1H3;1H4;/q;;-1;;;+1. The van der Waals surface area contributed by atoms with Crippen molar-refractivity contribution in [3.8, 4) is 0 Å². The van der Waals surface area contributed by atoms with E-state index in [9.17, 15) is 9.59 Å². The SMILES string of the molecule is C.CC(O)CC=O.CC=O.COC(C)CC=O.O=[C-]CC=O.[K+]. The number of aldehydes is 4. The van der Waals surface area contributed by atoms with Crippen LogP contribution in [0.1, 0.15) is 47.5 Å². The fraction of sp³-hybridized carbons (Fsp3) is 0.667. The van der Waals surface area contributed by atoms with Crippen molar-refractivity contribution in [1.82, 2.24) is 0 Å². The van der Waals surface area contributed by atoms with E-state index in [4.69, 9.17) is 24.2 Å². The summed E-state index contributed by atoms with van der Waals surface area (Å²) in [6, 6.07) is 0. The van der Waals surface area contributed by atoms with Crippen LogP contribution in [0.4, 0.5) is 0 Å². The number of carbonyl (C=O) groups excluding carboxylic acids is 5. The Labute approximate surface area is 182 Å². The van der Waals surface area contributed by atoms with E-state index in [-0.39, 0.29) is 77.8 Å². The molecule has 2 atom stereocenters. The molecule has 0 aromatic heterocycles. The first kappa shape index (κ1) is 38.5. The van der Waals surface area contributed by atoms with Crippen molar-refractivity contribution in [2.24, 2.45) is 0 Å². The van der Waals surface area contributed by atoms with Gasteiger partial charge in [0.2, 0.25) is 0 Å². The van der Waals surface area contributed by atoms with E-state index in [2.05, 4.69) is 0 Å². The Morgan fingerprint density at radius 3 is 1.48 bits per heavy atom. The molecule has 7 nitrogen and oxygen atoms in total. The van der Waals surface area contributed by atoms with Gasteiger partial charge in [0.15, 0.2) is 0 Å². The first-order chi connectivity index (χ1) is 9.91. The van der Waals surface area contributed by atoms with Crippen LogP contribution in [0.25, 0.3) is 0 Å². The first-order valence-corrected chi connectivity index (χ1v) is 6.18. The number of aliphatic hydroxyl groups excluding tert-OH is 1. The van der Waals surface area contributed by atoms with Crippen LogP contribution in [-0.4, -0.2) is 55.9 Å². The monoisotopic (exact) mass is 360 g/mol. The Bertz CT molecular complexity index is 240. The molecule has 0 heterocycles. The summed E-state index contributed by atoms with van der Waals surface area (Å²) in [6.45, 7) is 4.88. The fourth-order valence-electron chi connectivity index (χ4n) is 0.405. The maximum absolute atomic E-state index is 9.69. The van der Waals surface area contributed by atoms with Crippen LogP contribution < -0.4 is 51.4 Å². The molecule has 0 amide bonds. The van der Waals surface area contributed by atoms with Crippen molar-refractivity contribution in [3.63, 3.8) is 0 Å². The fourth-order valence-corrected chi connectivity index (χ4v) is 0.405. The molecule has 0 aromatic carbocycles. The largest absolute Gasteiger partial charge is 1.00 e. The Morgan fingerprint density at radius 2 is 1.43 bits per heavy atom. The molecule has 23 heavy (non-hydrogen) atoms. The predicted molar refractivity (Wildman–Crippen MR) is 84.4 cm³/mol. The molecule has 0 aliphatic carbocycles. The van der Waals surface area contributed by atoms with Crippen LogP contribution in [0.15, 0.2) is 0 Å². The molecule has 0 aromatic rings. The van der Waals surface area contributed by atoms with Crippen LogP contribution in [0, 0.1) is 0 Å². The van der Waals surface area contributed by atoms with Gasteiger partial charge in [-0.1, -0.05) is 13.8 Å². The summed E-state index contributed by atoms with van der Waals surface area (Å²) in [5.41, 5.74) is 0. The molecule has 132 valence electrons. The van der Waals surface area contributed by atoms with Crippen LogP contribution in [0.5, 0.6) is 0 Å². The van der Waals surface area contributed by atoms with Crippen molar-refractivity contribution in [3.05, 3.63) is 0 Å². The minimum absolute atomic E-state index is 0. The first-order valence-electron chi connectivity index (χ1n) is 6.18. The second kappa shape index (κ2) is 43.1. The number of ether oxygens (including phenoxy) is 1. The van der Waals surface area contributed by atoms with E-state index in [1.807, 2.05) is 6.92 Å². The third kappa shape index (κ3) is 88.5. The molecule has 0 saturated heterocycles. The minimum Gasteiger partial charge on any atom is -0.541 e. The molecule has 8 heteroatoms. The van der Waals surface area contributed by atoms with Crippen LogP contribution in [0.3, 0.4) is 0 Å². The van der Waals surface area contributed by atoms with Gasteiger partial charge in [-0.05, 0) is 20.8 Å². The molecule has 0 spiro atoms. The number of rotatable bonds is 7. The van der Waals surface area contributed by atoms with Gasteiger partial charge in [-0.15, -0.1) is 0 Å². The second-order valence-corrected chi connectivity index (χ2v) is 3.45. The number of hydrogen-bond donors (Lipinski definition) is 1. The Balaban J connectivity index is -0.0000000421. The van der Waals surface area contributed by atoms with E-state index in [1.54, 1.807) is 14.0 Å². The third-order valence-corrected chi connectivity index (χ3v) is 1.43. The van der Waals surface area contributed by atoms with Crippen molar-refractivity contribution in [1.29, 1.82) is 0 Å². The van der Waals surface area contributed by atoms with Crippen molar-refractivity contribution in [2.45, 2.75) is 59.7 Å². The van der Waals surface area contributed by atoms with E-state index in [1.165, 1.54) is 13.2 Å². The summed E-state index contributed by atoms with van der Waals surface area (Å²) in [6.07, 6.45) is 4.47.